The van der Waals surface area contributed by atoms with E-state index < -0.39 is 0 Å². The van der Waals surface area contributed by atoms with E-state index >= 15 is 0 Å². The summed E-state index contributed by atoms with van der Waals surface area (Å²) in [5.41, 5.74) is 5.46. The van der Waals surface area contributed by atoms with Crippen molar-refractivity contribution in [2.75, 3.05) is 12.4 Å². The fourth-order valence-electron chi connectivity index (χ4n) is 3.79. The lowest BCUT2D eigenvalue weighted by Crippen LogP contribution is -2.22. The van der Waals surface area contributed by atoms with Crippen LogP contribution in [0.1, 0.15) is 45.2 Å². The van der Waals surface area contributed by atoms with Gasteiger partial charge in [0.1, 0.15) is 5.75 Å². The minimum Gasteiger partial charge on any atom is -0.497 e. The molecule has 28 heavy (non-hydrogen) atoms. The number of aryl methyl sites for hydroxylation is 2. The number of hydrogen-bond acceptors (Lipinski definition) is 5. The van der Waals surface area contributed by atoms with E-state index in [0.717, 1.165) is 40.4 Å². The SMILES string of the molecule is COc1ccc(C2CC(=O)c3c(C)nc(Nc4cccc(C)c4)nc3C2)cc1. The minimum atomic E-state index is 0.113. The number of anilines is 2. The molecule has 5 nitrogen and oxygen atoms in total. The van der Waals surface area contributed by atoms with Gasteiger partial charge in [-0.05, 0) is 61.6 Å². The van der Waals surface area contributed by atoms with Gasteiger partial charge in [0.15, 0.2) is 5.78 Å². The molecule has 0 spiro atoms. The van der Waals surface area contributed by atoms with Crippen molar-refractivity contribution in [3.05, 3.63) is 76.6 Å². The highest BCUT2D eigenvalue weighted by molar-refractivity contribution is 5.99. The summed E-state index contributed by atoms with van der Waals surface area (Å²) in [6.07, 6.45) is 1.20. The molecule has 1 atom stereocenters. The fourth-order valence-corrected chi connectivity index (χ4v) is 3.79. The van der Waals surface area contributed by atoms with Crippen LogP contribution < -0.4 is 10.1 Å². The van der Waals surface area contributed by atoms with Crippen LogP contribution in [-0.4, -0.2) is 22.9 Å². The molecule has 1 aliphatic rings. The number of ether oxygens (including phenoxy) is 1. The Hall–Kier alpha value is -3.21. The van der Waals surface area contributed by atoms with Gasteiger partial charge in [-0.2, -0.15) is 0 Å². The molecule has 1 heterocycles. The number of fused-ring (bicyclic) bond motifs is 1. The quantitative estimate of drug-likeness (QED) is 0.714. The van der Waals surface area contributed by atoms with E-state index in [2.05, 4.69) is 10.3 Å². The molecule has 0 saturated heterocycles. The van der Waals surface area contributed by atoms with Gasteiger partial charge in [0.2, 0.25) is 5.95 Å². The van der Waals surface area contributed by atoms with Gasteiger partial charge in [0, 0.05) is 12.1 Å². The fraction of sp³-hybridized carbons (Fsp3) is 0.261. The van der Waals surface area contributed by atoms with Crippen molar-refractivity contribution in [3.8, 4) is 5.75 Å². The summed E-state index contributed by atoms with van der Waals surface area (Å²) in [4.78, 5) is 22.0. The van der Waals surface area contributed by atoms with Crippen LogP contribution in [0, 0.1) is 13.8 Å². The zero-order valence-corrected chi connectivity index (χ0v) is 16.3. The molecule has 1 aromatic heterocycles. The van der Waals surface area contributed by atoms with Crippen molar-refractivity contribution in [1.29, 1.82) is 0 Å². The molecule has 0 radical (unpaired) electrons. The van der Waals surface area contributed by atoms with Crippen LogP contribution >= 0.6 is 0 Å². The van der Waals surface area contributed by atoms with Crippen LogP contribution in [0.4, 0.5) is 11.6 Å². The third-order valence-corrected chi connectivity index (χ3v) is 5.18. The first kappa shape index (κ1) is 18.2. The Morgan fingerprint density at radius 2 is 1.82 bits per heavy atom. The average molecular weight is 373 g/mol. The Morgan fingerprint density at radius 3 is 2.54 bits per heavy atom. The number of carbonyl (C=O) groups is 1. The molecule has 1 aliphatic carbocycles. The van der Waals surface area contributed by atoms with E-state index in [1.54, 1.807) is 7.11 Å². The third-order valence-electron chi connectivity index (χ3n) is 5.18. The van der Waals surface area contributed by atoms with Crippen LogP contribution in [0.3, 0.4) is 0 Å². The molecular weight excluding hydrogens is 350 g/mol. The normalized spacial score (nSPS) is 15.8. The monoisotopic (exact) mass is 373 g/mol. The van der Waals surface area contributed by atoms with E-state index in [-0.39, 0.29) is 11.7 Å². The number of Topliss-reactive ketones (excluding diaryl/α,β-unsaturated/α-hetero) is 1. The summed E-state index contributed by atoms with van der Waals surface area (Å²) in [7, 11) is 1.65. The zero-order valence-electron chi connectivity index (χ0n) is 16.3. The van der Waals surface area contributed by atoms with E-state index in [1.807, 2.05) is 62.4 Å². The lowest BCUT2D eigenvalue weighted by atomic mass is 9.81. The number of nitrogens with one attached hydrogen (secondary N) is 1. The van der Waals surface area contributed by atoms with Gasteiger partial charge in [-0.1, -0.05) is 24.3 Å². The number of aromatic nitrogens is 2. The van der Waals surface area contributed by atoms with Crippen LogP contribution in [0.25, 0.3) is 0 Å². The van der Waals surface area contributed by atoms with Gasteiger partial charge in [-0.25, -0.2) is 9.97 Å². The number of methoxy groups -OCH3 is 1. The van der Waals surface area contributed by atoms with Crippen LogP contribution in [0.2, 0.25) is 0 Å². The molecule has 0 saturated carbocycles. The standard InChI is InChI=1S/C23H23N3O2/c1-14-5-4-6-18(11-14)25-23-24-15(2)22-20(26-23)12-17(13-21(22)27)16-7-9-19(28-3)10-8-16/h4-11,17H,12-13H2,1-3H3,(H,24,25,26). The second-order valence-corrected chi connectivity index (χ2v) is 7.25. The Bertz CT molecular complexity index is 1030. The molecule has 142 valence electrons. The smallest absolute Gasteiger partial charge is 0.227 e. The van der Waals surface area contributed by atoms with Gasteiger partial charge in [0.05, 0.1) is 24.1 Å². The molecule has 0 amide bonds. The molecule has 1 unspecified atom stereocenters. The van der Waals surface area contributed by atoms with Gasteiger partial charge < -0.3 is 10.1 Å². The molecule has 2 aromatic carbocycles. The number of hydrogen-bond donors (Lipinski definition) is 1. The molecule has 5 heteroatoms. The number of ketones is 1. The number of benzene rings is 2. The number of carbonyl (C=O) groups excluding carboxylic acids is 1. The van der Waals surface area contributed by atoms with Gasteiger partial charge in [-0.15, -0.1) is 0 Å². The van der Waals surface area contributed by atoms with E-state index in [0.29, 0.717) is 17.9 Å². The van der Waals surface area contributed by atoms with E-state index in [9.17, 15) is 4.79 Å². The zero-order chi connectivity index (χ0) is 19.7. The Morgan fingerprint density at radius 1 is 1.04 bits per heavy atom. The molecule has 4 rings (SSSR count). The second-order valence-electron chi connectivity index (χ2n) is 7.25. The Balaban J connectivity index is 1.64. The maximum absolute atomic E-state index is 12.8. The summed E-state index contributed by atoms with van der Waals surface area (Å²) in [6, 6.07) is 16.0. The van der Waals surface area contributed by atoms with Crippen molar-refractivity contribution in [1.82, 2.24) is 9.97 Å². The van der Waals surface area contributed by atoms with Gasteiger partial charge >= 0.3 is 0 Å². The predicted molar refractivity (Wildman–Crippen MR) is 110 cm³/mol. The first-order valence-corrected chi connectivity index (χ1v) is 9.42. The van der Waals surface area contributed by atoms with Crippen molar-refractivity contribution in [2.45, 2.75) is 32.6 Å². The second kappa shape index (κ2) is 7.43. The maximum atomic E-state index is 12.8. The summed E-state index contributed by atoms with van der Waals surface area (Å²) >= 11 is 0. The van der Waals surface area contributed by atoms with Gasteiger partial charge in [-0.3, -0.25) is 4.79 Å². The van der Waals surface area contributed by atoms with Crippen LogP contribution in [0.15, 0.2) is 48.5 Å². The average Bonchev–Trinajstić information content (AvgIpc) is 2.67. The minimum absolute atomic E-state index is 0.113. The third kappa shape index (κ3) is 3.60. The Labute approximate surface area is 164 Å². The highest BCUT2D eigenvalue weighted by Gasteiger charge is 2.30. The van der Waals surface area contributed by atoms with E-state index in [4.69, 9.17) is 9.72 Å². The van der Waals surface area contributed by atoms with Crippen molar-refractivity contribution in [2.24, 2.45) is 0 Å². The summed E-state index contributed by atoms with van der Waals surface area (Å²) < 4.78 is 5.23. The molecule has 1 N–H and O–H groups in total. The molecule has 0 fully saturated rings. The highest BCUT2D eigenvalue weighted by atomic mass is 16.5. The lowest BCUT2D eigenvalue weighted by molar-refractivity contribution is 0.0962. The van der Waals surface area contributed by atoms with E-state index in [1.165, 1.54) is 0 Å². The van der Waals surface area contributed by atoms with Crippen molar-refractivity contribution >= 4 is 17.4 Å². The molecule has 0 aliphatic heterocycles. The number of rotatable bonds is 4. The summed E-state index contributed by atoms with van der Waals surface area (Å²) in [5.74, 6) is 1.58. The summed E-state index contributed by atoms with van der Waals surface area (Å²) in [6.45, 7) is 3.93. The number of nitrogens with zero attached hydrogens (tertiary/aromatic N) is 2. The van der Waals surface area contributed by atoms with Crippen molar-refractivity contribution < 1.29 is 9.53 Å². The molecule has 0 bridgehead atoms. The summed E-state index contributed by atoms with van der Waals surface area (Å²) in [5, 5.41) is 3.27. The largest absolute Gasteiger partial charge is 0.497 e. The first-order chi connectivity index (χ1) is 13.5. The maximum Gasteiger partial charge on any atom is 0.227 e. The highest BCUT2D eigenvalue weighted by Crippen LogP contribution is 2.34. The Kier molecular flexibility index (Phi) is 4.82. The van der Waals surface area contributed by atoms with Crippen molar-refractivity contribution in [3.63, 3.8) is 0 Å². The molecular formula is C23H23N3O2. The predicted octanol–water partition coefficient (Wildman–Crippen LogP) is 4.76. The first-order valence-electron chi connectivity index (χ1n) is 9.42. The van der Waals surface area contributed by atoms with Gasteiger partial charge in [0.25, 0.3) is 0 Å². The van der Waals surface area contributed by atoms with Crippen LogP contribution in [-0.2, 0) is 6.42 Å². The van der Waals surface area contributed by atoms with Crippen LogP contribution in [0.5, 0.6) is 5.75 Å². The molecule has 3 aromatic rings. The lowest BCUT2D eigenvalue weighted by Gasteiger charge is -2.24. The topological polar surface area (TPSA) is 64.1 Å².